The van der Waals surface area contributed by atoms with E-state index in [2.05, 4.69) is 5.32 Å². The van der Waals surface area contributed by atoms with Crippen molar-refractivity contribution in [3.05, 3.63) is 58.6 Å². The van der Waals surface area contributed by atoms with Gasteiger partial charge in [-0.3, -0.25) is 4.79 Å². The quantitative estimate of drug-likeness (QED) is 0.859. The molecule has 0 fully saturated rings. The van der Waals surface area contributed by atoms with Crippen LogP contribution in [0.1, 0.15) is 13.3 Å². The van der Waals surface area contributed by atoms with Gasteiger partial charge in [-0.15, -0.1) is 0 Å². The van der Waals surface area contributed by atoms with E-state index in [4.69, 9.17) is 27.9 Å². The van der Waals surface area contributed by atoms with Crippen molar-refractivity contribution in [3.8, 4) is 5.75 Å². The lowest BCUT2D eigenvalue weighted by Crippen LogP contribution is -2.32. The van der Waals surface area contributed by atoms with Crippen LogP contribution in [0.3, 0.4) is 0 Å². The number of halogens is 2. The van der Waals surface area contributed by atoms with Gasteiger partial charge in [-0.2, -0.15) is 0 Å². The van der Waals surface area contributed by atoms with E-state index < -0.39 is 6.10 Å². The number of para-hydroxylation sites is 1. The fourth-order valence-corrected chi connectivity index (χ4v) is 2.13. The maximum absolute atomic E-state index is 12.3. The molecule has 0 heterocycles. The molecular formula is C16H15Cl2NO2. The van der Waals surface area contributed by atoms with Gasteiger partial charge in [-0.1, -0.05) is 48.3 Å². The van der Waals surface area contributed by atoms with E-state index in [1.165, 1.54) is 0 Å². The first-order chi connectivity index (χ1) is 10.1. The first-order valence-electron chi connectivity index (χ1n) is 6.57. The monoisotopic (exact) mass is 323 g/mol. The largest absolute Gasteiger partial charge is 0.481 e. The summed E-state index contributed by atoms with van der Waals surface area (Å²) >= 11 is 11.9. The van der Waals surface area contributed by atoms with Crippen molar-refractivity contribution < 1.29 is 9.53 Å². The van der Waals surface area contributed by atoms with Crippen LogP contribution < -0.4 is 10.1 Å². The van der Waals surface area contributed by atoms with Crippen molar-refractivity contribution in [1.29, 1.82) is 0 Å². The summed E-state index contributed by atoms with van der Waals surface area (Å²) in [7, 11) is 0. The van der Waals surface area contributed by atoms with Crippen LogP contribution in [0.25, 0.3) is 0 Å². The van der Waals surface area contributed by atoms with Gasteiger partial charge < -0.3 is 10.1 Å². The third-order valence-corrected chi connectivity index (χ3v) is 3.44. The van der Waals surface area contributed by atoms with Gasteiger partial charge in [-0.25, -0.2) is 0 Å². The summed E-state index contributed by atoms with van der Waals surface area (Å²) in [6.07, 6.45) is -0.0544. The number of ether oxygens (including phenoxy) is 1. The molecule has 0 aliphatic carbocycles. The molecule has 3 nitrogen and oxygen atoms in total. The molecule has 0 saturated heterocycles. The molecule has 1 unspecified atom stereocenters. The number of carbonyl (C=O) groups excluding carboxylic acids is 1. The van der Waals surface area contributed by atoms with Crippen molar-refractivity contribution >= 4 is 34.8 Å². The zero-order valence-corrected chi connectivity index (χ0v) is 13.0. The second kappa shape index (κ2) is 7.34. The van der Waals surface area contributed by atoms with Crippen molar-refractivity contribution in [1.82, 2.24) is 0 Å². The first-order valence-corrected chi connectivity index (χ1v) is 7.33. The predicted molar refractivity (Wildman–Crippen MR) is 86.2 cm³/mol. The average Bonchev–Trinajstić information content (AvgIpc) is 2.49. The lowest BCUT2D eigenvalue weighted by atomic mass is 10.2. The number of hydrogen-bond acceptors (Lipinski definition) is 2. The molecule has 2 aromatic rings. The summed E-state index contributed by atoms with van der Waals surface area (Å²) < 4.78 is 5.68. The van der Waals surface area contributed by atoms with Crippen LogP contribution in [0.15, 0.2) is 48.5 Å². The van der Waals surface area contributed by atoms with Crippen molar-refractivity contribution in [2.24, 2.45) is 0 Å². The Morgan fingerprint density at radius 1 is 1.19 bits per heavy atom. The van der Waals surface area contributed by atoms with Crippen LogP contribution in [0.5, 0.6) is 5.75 Å². The second-order valence-electron chi connectivity index (χ2n) is 4.44. The van der Waals surface area contributed by atoms with Gasteiger partial charge in [0, 0.05) is 5.02 Å². The molecule has 0 spiro atoms. The molecule has 1 atom stereocenters. The van der Waals surface area contributed by atoms with Gasteiger partial charge in [0.05, 0.1) is 10.7 Å². The molecule has 1 amide bonds. The second-order valence-corrected chi connectivity index (χ2v) is 5.28. The molecule has 1 N–H and O–H groups in total. The summed E-state index contributed by atoms with van der Waals surface area (Å²) in [5, 5.41) is 3.68. The Labute approximate surface area is 133 Å². The number of amides is 1. The molecular weight excluding hydrogens is 309 g/mol. The van der Waals surface area contributed by atoms with Gasteiger partial charge in [0.1, 0.15) is 5.75 Å². The summed E-state index contributed by atoms with van der Waals surface area (Å²) in [5.74, 6) is 0.391. The standard InChI is InChI=1S/C16H15Cl2NO2/c1-2-15(21-12-6-4-3-5-7-12)16(20)19-14-10-11(17)8-9-13(14)18/h3-10,15H,2H2,1H3,(H,19,20). The highest BCUT2D eigenvalue weighted by Gasteiger charge is 2.19. The minimum absolute atomic E-state index is 0.259. The van der Waals surface area contributed by atoms with Gasteiger partial charge >= 0.3 is 0 Å². The molecule has 0 aliphatic rings. The summed E-state index contributed by atoms with van der Waals surface area (Å²) in [4.78, 5) is 12.3. The Bertz CT molecular complexity index is 617. The van der Waals surface area contributed by atoms with E-state index in [0.29, 0.717) is 27.9 Å². The molecule has 2 aromatic carbocycles. The third kappa shape index (κ3) is 4.38. The highest BCUT2D eigenvalue weighted by atomic mass is 35.5. The summed E-state index contributed by atoms with van der Waals surface area (Å²) in [5.41, 5.74) is 0.476. The number of carbonyl (C=O) groups is 1. The fourth-order valence-electron chi connectivity index (χ4n) is 1.79. The number of nitrogens with one attached hydrogen (secondary N) is 1. The summed E-state index contributed by atoms with van der Waals surface area (Å²) in [6, 6.07) is 14.1. The van der Waals surface area contributed by atoms with E-state index in [1.807, 2.05) is 37.3 Å². The highest BCUT2D eigenvalue weighted by molar-refractivity contribution is 6.35. The molecule has 0 aromatic heterocycles. The normalized spacial score (nSPS) is 11.8. The van der Waals surface area contributed by atoms with Crippen LogP contribution in [-0.2, 0) is 4.79 Å². The molecule has 2 rings (SSSR count). The molecule has 110 valence electrons. The number of rotatable bonds is 5. The number of anilines is 1. The van der Waals surface area contributed by atoms with Crippen LogP contribution in [0.2, 0.25) is 10.0 Å². The van der Waals surface area contributed by atoms with Gasteiger partial charge in [0.2, 0.25) is 0 Å². The third-order valence-electron chi connectivity index (χ3n) is 2.87. The molecule has 0 aliphatic heterocycles. The lowest BCUT2D eigenvalue weighted by Gasteiger charge is -2.17. The smallest absolute Gasteiger partial charge is 0.265 e. The van der Waals surface area contributed by atoms with E-state index in [-0.39, 0.29) is 5.91 Å². The number of hydrogen-bond donors (Lipinski definition) is 1. The van der Waals surface area contributed by atoms with Crippen molar-refractivity contribution in [2.45, 2.75) is 19.4 Å². The maximum Gasteiger partial charge on any atom is 0.265 e. The number of benzene rings is 2. The minimum atomic E-state index is -0.595. The fraction of sp³-hybridized carbons (Fsp3) is 0.188. The van der Waals surface area contributed by atoms with Crippen LogP contribution in [-0.4, -0.2) is 12.0 Å². The van der Waals surface area contributed by atoms with Gasteiger partial charge in [0.25, 0.3) is 5.91 Å². The Morgan fingerprint density at radius 2 is 1.90 bits per heavy atom. The van der Waals surface area contributed by atoms with Crippen LogP contribution >= 0.6 is 23.2 Å². The van der Waals surface area contributed by atoms with E-state index in [9.17, 15) is 4.79 Å². The van der Waals surface area contributed by atoms with E-state index in [0.717, 1.165) is 0 Å². The minimum Gasteiger partial charge on any atom is -0.481 e. The van der Waals surface area contributed by atoms with E-state index >= 15 is 0 Å². The van der Waals surface area contributed by atoms with Crippen LogP contribution in [0, 0.1) is 0 Å². The van der Waals surface area contributed by atoms with Crippen LogP contribution in [0.4, 0.5) is 5.69 Å². The SMILES string of the molecule is CCC(Oc1ccccc1)C(=O)Nc1cc(Cl)ccc1Cl. The average molecular weight is 324 g/mol. The zero-order chi connectivity index (χ0) is 15.2. The topological polar surface area (TPSA) is 38.3 Å². The van der Waals surface area contributed by atoms with Crippen molar-refractivity contribution in [3.63, 3.8) is 0 Å². The summed E-state index contributed by atoms with van der Waals surface area (Å²) in [6.45, 7) is 1.88. The molecule has 0 bridgehead atoms. The Balaban J connectivity index is 2.08. The van der Waals surface area contributed by atoms with Crippen molar-refractivity contribution in [2.75, 3.05) is 5.32 Å². The molecule has 0 radical (unpaired) electrons. The zero-order valence-electron chi connectivity index (χ0n) is 11.5. The Morgan fingerprint density at radius 3 is 2.57 bits per heavy atom. The molecule has 0 saturated carbocycles. The predicted octanol–water partition coefficient (Wildman–Crippen LogP) is 4.79. The Hall–Kier alpha value is -1.71. The Kier molecular flexibility index (Phi) is 5.48. The first kappa shape index (κ1) is 15.7. The molecule has 21 heavy (non-hydrogen) atoms. The van der Waals surface area contributed by atoms with Gasteiger partial charge in [-0.05, 0) is 36.8 Å². The molecule has 5 heteroatoms. The maximum atomic E-state index is 12.3. The lowest BCUT2D eigenvalue weighted by molar-refractivity contribution is -0.122. The van der Waals surface area contributed by atoms with Gasteiger partial charge in [0.15, 0.2) is 6.10 Å². The van der Waals surface area contributed by atoms with E-state index in [1.54, 1.807) is 18.2 Å². The highest BCUT2D eigenvalue weighted by Crippen LogP contribution is 2.26.